The molecule has 3 nitrogen and oxygen atoms in total. The molecule has 1 aliphatic heterocycles. The van der Waals surface area contributed by atoms with E-state index in [1.807, 2.05) is 12.4 Å². The van der Waals surface area contributed by atoms with Gasteiger partial charge < -0.3 is 5.73 Å². The first-order chi connectivity index (χ1) is 7.83. The largest absolute Gasteiger partial charge is 0.329 e. The summed E-state index contributed by atoms with van der Waals surface area (Å²) in [5.41, 5.74) is 7.20. The number of pyridine rings is 1. The van der Waals surface area contributed by atoms with Crippen LogP contribution in [0.15, 0.2) is 24.5 Å². The Labute approximate surface area is 97.7 Å². The maximum absolute atomic E-state index is 5.86. The molecule has 16 heavy (non-hydrogen) atoms. The molecular weight excluding hydrogens is 198 g/mol. The van der Waals surface area contributed by atoms with Crippen molar-refractivity contribution in [1.29, 1.82) is 0 Å². The summed E-state index contributed by atoms with van der Waals surface area (Å²) in [4.78, 5) is 6.61. The third-order valence-corrected chi connectivity index (χ3v) is 3.63. The highest BCUT2D eigenvalue weighted by atomic mass is 15.2. The first-order valence-electron chi connectivity index (χ1n) is 6.18. The Balaban J connectivity index is 2.10. The SMILES string of the molecule is CC(c1ccncc1)N1CCCCC1CN. The van der Waals surface area contributed by atoms with Gasteiger partial charge in [-0.05, 0) is 44.0 Å². The highest BCUT2D eigenvalue weighted by Crippen LogP contribution is 2.27. The minimum atomic E-state index is 0.455. The van der Waals surface area contributed by atoms with Gasteiger partial charge in [-0.25, -0.2) is 0 Å². The lowest BCUT2D eigenvalue weighted by Gasteiger charge is -2.39. The van der Waals surface area contributed by atoms with Gasteiger partial charge in [-0.3, -0.25) is 9.88 Å². The Morgan fingerprint density at radius 3 is 2.88 bits per heavy atom. The molecule has 0 amide bonds. The van der Waals surface area contributed by atoms with Crippen molar-refractivity contribution in [3.63, 3.8) is 0 Å². The smallest absolute Gasteiger partial charge is 0.0324 e. The number of nitrogens with two attached hydrogens (primary N) is 1. The molecule has 0 aromatic carbocycles. The van der Waals surface area contributed by atoms with Crippen LogP contribution in [0.4, 0.5) is 0 Å². The molecule has 1 aliphatic rings. The van der Waals surface area contributed by atoms with Gasteiger partial charge in [0.15, 0.2) is 0 Å². The summed E-state index contributed by atoms with van der Waals surface area (Å²) < 4.78 is 0. The van der Waals surface area contributed by atoms with Crippen LogP contribution in [0.25, 0.3) is 0 Å². The molecule has 1 saturated heterocycles. The molecule has 1 fully saturated rings. The predicted octanol–water partition coefficient (Wildman–Crippen LogP) is 1.96. The fourth-order valence-electron chi connectivity index (χ4n) is 2.62. The van der Waals surface area contributed by atoms with Gasteiger partial charge in [0.1, 0.15) is 0 Å². The van der Waals surface area contributed by atoms with E-state index in [9.17, 15) is 0 Å². The summed E-state index contributed by atoms with van der Waals surface area (Å²) in [5, 5.41) is 0. The van der Waals surface area contributed by atoms with Crippen LogP contribution >= 0.6 is 0 Å². The minimum absolute atomic E-state index is 0.455. The molecule has 2 unspecified atom stereocenters. The normalized spacial score (nSPS) is 24.2. The Kier molecular flexibility index (Phi) is 3.91. The number of hydrogen-bond donors (Lipinski definition) is 1. The number of piperidine rings is 1. The summed E-state index contributed by atoms with van der Waals surface area (Å²) in [6.45, 7) is 4.21. The van der Waals surface area contributed by atoms with Crippen LogP contribution < -0.4 is 5.73 Å². The average molecular weight is 219 g/mol. The van der Waals surface area contributed by atoms with E-state index in [2.05, 4.69) is 28.9 Å². The Morgan fingerprint density at radius 1 is 1.44 bits per heavy atom. The molecule has 2 N–H and O–H groups in total. The summed E-state index contributed by atoms with van der Waals surface area (Å²) in [6.07, 6.45) is 7.60. The predicted molar refractivity (Wildman–Crippen MR) is 66.1 cm³/mol. The van der Waals surface area contributed by atoms with Crippen LogP contribution in [0.1, 0.15) is 37.8 Å². The zero-order valence-electron chi connectivity index (χ0n) is 9.97. The third-order valence-electron chi connectivity index (χ3n) is 3.63. The molecule has 0 aliphatic carbocycles. The molecular formula is C13H21N3. The van der Waals surface area contributed by atoms with Crippen LogP contribution in [0.3, 0.4) is 0 Å². The average Bonchev–Trinajstić information content (AvgIpc) is 2.39. The summed E-state index contributed by atoms with van der Waals surface area (Å²) in [6, 6.07) is 5.22. The lowest BCUT2D eigenvalue weighted by atomic mass is 9.97. The lowest BCUT2D eigenvalue weighted by Crippen LogP contribution is -2.45. The first kappa shape index (κ1) is 11.6. The van der Waals surface area contributed by atoms with Gasteiger partial charge in [0.05, 0.1) is 0 Å². The number of nitrogens with zero attached hydrogens (tertiary/aromatic N) is 2. The summed E-state index contributed by atoms with van der Waals surface area (Å²) in [5.74, 6) is 0. The molecule has 2 atom stereocenters. The van der Waals surface area contributed by atoms with Crippen molar-refractivity contribution in [2.24, 2.45) is 5.73 Å². The van der Waals surface area contributed by atoms with E-state index in [1.165, 1.54) is 31.4 Å². The Morgan fingerprint density at radius 2 is 2.19 bits per heavy atom. The van der Waals surface area contributed by atoms with E-state index in [4.69, 9.17) is 5.73 Å². The zero-order chi connectivity index (χ0) is 11.4. The summed E-state index contributed by atoms with van der Waals surface area (Å²) >= 11 is 0. The van der Waals surface area contributed by atoms with Gasteiger partial charge in [-0.15, -0.1) is 0 Å². The van der Waals surface area contributed by atoms with Crippen molar-refractivity contribution in [2.45, 2.75) is 38.3 Å². The van der Waals surface area contributed by atoms with Gasteiger partial charge >= 0.3 is 0 Å². The van der Waals surface area contributed by atoms with E-state index in [0.29, 0.717) is 12.1 Å². The highest BCUT2D eigenvalue weighted by Gasteiger charge is 2.25. The van der Waals surface area contributed by atoms with Crippen LogP contribution in [-0.4, -0.2) is 29.0 Å². The molecule has 0 bridgehead atoms. The molecule has 1 aromatic heterocycles. The van der Waals surface area contributed by atoms with Crippen molar-refractivity contribution in [3.8, 4) is 0 Å². The third kappa shape index (κ3) is 2.42. The monoisotopic (exact) mass is 219 g/mol. The maximum atomic E-state index is 5.86. The summed E-state index contributed by atoms with van der Waals surface area (Å²) in [7, 11) is 0. The van der Waals surface area contributed by atoms with Crippen molar-refractivity contribution in [1.82, 2.24) is 9.88 Å². The van der Waals surface area contributed by atoms with E-state index in [0.717, 1.165) is 6.54 Å². The fraction of sp³-hybridized carbons (Fsp3) is 0.615. The van der Waals surface area contributed by atoms with Crippen molar-refractivity contribution >= 4 is 0 Å². The van der Waals surface area contributed by atoms with Gasteiger partial charge in [0, 0.05) is 31.0 Å². The first-order valence-corrected chi connectivity index (χ1v) is 6.18. The highest BCUT2D eigenvalue weighted by molar-refractivity contribution is 5.14. The Hall–Kier alpha value is -0.930. The van der Waals surface area contributed by atoms with Crippen molar-refractivity contribution in [2.75, 3.05) is 13.1 Å². The lowest BCUT2D eigenvalue weighted by molar-refractivity contribution is 0.108. The van der Waals surface area contributed by atoms with Crippen LogP contribution in [-0.2, 0) is 0 Å². The standard InChI is InChI=1S/C13H21N3/c1-11(12-5-7-15-8-6-12)16-9-3-2-4-13(16)10-14/h5-8,11,13H,2-4,9-10,14H2,1H3. The van der Waals surface area contributed by atoms with E-state index >= 15 is 0 Å². The molecule has 88 valence electrons. The number of rotatable bonds is 3. The van der Waals surface area contributed by atoms with Gasteiger partial charge in [-0.1, -0.05) is 6.42 Å². The topological polar surface area (TPSA) is 42.2 Å². The number of hydrogen-bond acceptors (Lipinski definition) is 3. The molecule has 3 heteroatoms. The molecule has 0 spiro atoms. The molecule has 0 saturated carbocycles. The fourth-order valence-corrected chi connectivity index (χ4v) is 2.62. The second kappa shape index (κ2) is 5.41. The quantitative estimate of drug-likeness (QED) is 0.845. The second-order valence-electron chi connectivity index (χ2n) is 4.58. The van der Waals surface area contributed by atoms with E-state index in [-0.39, 0.29) is 0 Å². The van der Waals surface area contributed by atoms with Crippen molar-refractivity contribution < 1.29 is 0 Å². The van der Waals surface area contributed by atoms with Gasteiger partial charge in [0.2, 0.25) is 0 Å². The van der Waals surface area contributed by atoms with Gasteiger partial charge in [0.25, 0.3) is 0 Å². The number of aromatic nitrogens is 1. The van der Waals surface area contributed by atoms with Crippen molar-refractivity contribution in [3.05, 3.63) is 30.1 Å². The number of likely N-dealkylation sites (tertiary alicyclic amines) is 1. The van der Waals surface area contributed by atoms with Crippen LogP contribution in [0.2, 0.25) is 0 Å². The van der Waals surface area contributed by atoms with E-state index < -0.39 is 0 Å². The Bertz CT molecular complexity index is 312. The zero-order valence-corrected chi connectivity index (χ0v) is 9.97. The molecule has 0 radical (unpaired) electrons. The molecule has 2 rings (SSSR count). The van der Waals surface area contributed by atoms with Crippen LogP contribution in [0, 0.1) is 0 Å². The van der Waals surface area contributed by atoms with Crippen LogP contribution in [0.5, 0.6) is 0 Å². The molecule has 2 heterocycles. The second-order valence-corrected chi connectivity index (χ2v) is 4.58. The van der Waals surface area contributed by atoms with Gasteiger partial charge in [-0.2, -0.15) is 0 Å². The molecule has 1 aromatic rings. The minimum Gasteiger partial charge on any atom is -0.329 e. The van der Waals surface area contributed by atoms with E-state index in [1.54, 1.807) is 0 Å². The maximum Gasteiger partial charge on any atom is 0.0324 e.